The van der Waals surface area contributed by atoms with Crippen molar-refractivity contribution in [3.63, 3.8) is 0 Å². The molecule has 0 aromatic heterocycles. The zero-order chi connectivity index (χ0) is 17.9. The molecule has 0 aliphatic rings. The summed E-state index contributed by atoms with van der Waals surface area (Å²) < 4.78 is 4.63. The molecular weight excluding hydrogens is 300 g/mol. The predicted octanol–water partition coefficient (Wildman–Crippen LogP) is 6.17. The van der Waals surface area contributed by atoms with Gasteiger partial charge >= 0.3 is 5.97 Å². The number of hydrogen-bond donors (Lipinski definition) is 1. The molecule has 0 unspecified atom stereocenters. The van der Waals surface area contributed by atoms with E-state index in [1.165, 1.54) is 84.2 Å². The normalized spacial score (nSPS) is 12.3. The Kier molecular flexibility index (Phi) is 18.3. The van der Waals surface area contributed by atoms with E-state index in [-0.39, 0.29) is 12.1 Å². The molecule has 3 heteroatoms. The van der Waals surface area contributed by atoms with Crippen LogP contribution >= 0.6 is 0 Å². The minimum atomic E-state index is -0.0754. The Labute approximate surface area is 150 Å². The van der Waals surface area contributed by atoms with E-state index in [1.807, 2.05) is 0 Å². The van der Waals surface area contributed by atoms with Crippen molar-refractivity contribution in [2.45, 2.75) is 122 Å². The zero-order valence-corrected chi connectivity index (χ0v) is 16.4. The van der Waals surface area contributed by atoms with Crippen molar-refractivity contribution in [1.29, 1.82) is 0 Å². The van der Waals surface area contributed by atoms with Crippen molar-refractivity contribution in [2.24, 2.45) is 0 Å². The Morgan fingerprint density at radius 3 is 1.50 bits per heavy atom. The lowest BCUT2D eigenvalue weighted by molar-refractivity contribution is -0.140. The van der Waals surface area contributed by atoms with Crippen LogP contribution in [-0.4, -0.2) is 24.3 Å². The lowest BCUT2D eigenvalue weighted by Crippen LogP contribution is -2.03. The first-order valence-electron chi connectivity index (χ1n) is 10.5. The van der Waals surface area contributed by atoms with Gasteiger partial charge in [0.05, 0.1) is 13.2 Å². The van der Waals surface area contributed by atoms with Gasteiger partial charge in [0.25, 0.3) is 0 Å². The Morgan fingerprint density at radius 1 is 0.750 bits per heavy atom. The summed E-state index contributed by atoms with van der Waals surface area (Å²) in [5, 5.41) is 9.48. The highest BCUT2D eigenvalue weighted by molar-refractivity contribution is 5.68. The van der Waals surface area contributed by atoms with Gasteiger partial charge in [0.15, 0.2) is 0 Å². The van der Waals surface area contributed by atoms with Crippen LogP contribution in [0, 0.1) is 0 Å². The molecular formula is C21H42O3. The van der Waals surface area contributed by atoms with E-state index in [2.05, 4.69) is 11.7 Å². The Hall–Kier alpha value is -0.570. The van der Waals surface area contributed by atoms with Gasteiger partial charge in [-0.3, -0.25) is 4.79 Å². The van der Waals surface area contributed by atoms with Crippen LogP contribution in [0.15, 0.2) is 0 Å². The van der Waals surface area contributed by atoms with Gasteiger partial charge in [-0.05, 0) is 19.3 Å². The number of carbonyl (C=O) groups excluding carboxylic acids is 1. The molecule has 24 heavy (non-hydrogen) atoms. The second kappa shape index (κ2) is 18.8. The van der Waals surface area contributed by atoms with Crippen LogP contribution in [0.4, 0.5) is 0 Å². The summed E-state index contributed by atoms with van der Waals surface area (Å²) in [6, 6.07) is 0. The standard InChI is InChI=1S/C21H42O3/c1-3-20(22)18-16-14-12-10-8-6-4-5-7-9-11-13-15-17-19-21(23)24-2/h20,22H,3-19H2,1-2H3/t20-/m0/s1. The van der Waals surface area contributed by atoms with Crippen molar-refractivity contribution in [1.82, 2.24) is 0 Å². The molecule has 0 aromatic rings. The number of ether oxygens (including phenoxy) is 1. The number of esters is 1. The lowest BCUT2D eigenvalue weighted by Gasteiger charge is -2.06. The second-order valence-corrected chi connectivity index (χ2v) is 7.13. The van der Waals surface area contributed by atoms with Crippen LogP contribution in [0.5, 0.6) is 0 Å². The maximum atomic E-state index is 11.0. The molecule has 0 amide bonds. The third-order valence-electron chi connectivity index (χ3n) is 4.87. The highest BCUT2D eigenvalue weighted by atomic mass is 16.5. The number of carbonyl (C=O) groups is 1. The van der Waals surface area contributed by atoms with E-state index in [0.717, 1.165) is 25.7 Å². The minimum Gasteiger partial charge on any atom is -0.469 e. The largest absolute Gasteiger partial charge is 0.469 e. The van der Waals surface area contributed by atoms with Crippen LogP contribution < -0.4 is 0 Å². The van der Waals surface area contributed by atoms with E-state index < -0.39 is 0 Å². The fourth-order valence-electron chi connectivity index (χ4n) is 3.08. The monoisotopic (exact) mass is 342 g/mol. The summed E-state index contributed by atoms with van der Waals surface area (Å²) in [5.74, 6) is -0.0754. The molecule has 0 fully saturated rings. The molecule has 0 bridgehead atoms. The molecule has 0 aliphatic carbocycles. The van der Waals surface area contributed by atoms with Crippen LogP contribution in [0.25, 0.3) is 0 Å². The summed E-state index contributed by atoms with van der Waals surface area (Å²) in [6.45, 7) is 2.05. The summed E-state index contributed by atoms with van der Waals surface area (Å²) in [6.07, 6.45) is 20.5. The van der Waals surface area contributed by atoms with Gasteiger partial charge in [0.2, 0.25) is 0 Å². The van der Waals surface area contributed by atoms with Crippen molar-refractivity contribution < 1.29 is 14.6 Å². The summed E-state index contributed by atoms with van der Waals surface area (Å²) in [4.78, 5) is 11.0. The average Bonchev–Trinajstić information content (AvgIpc) is 2.60. The van der Waals surface area contributed by atoms with Gasteiger partial charge in [0.1, 0.15) is 0 Å². The van der Waals surface area contributed by atoms with E-state index >= 15 is 0 Å². The molecule has 3 nitrogen and oxygen atoms in total. The summed E-state index contributed by atoms with van der Waals surface area (Å²) >= 11 is 0. The third-order valence-corrected chi connectivity index (χ3v) is 4.87. The van der Waals surface area contributed by atoms with E-state index in [4.69, 9.17) is 0 Å². The van der Waals surface area contributed by atoms with Crippen molar-refractivity contribution in [3.05, 3.63) is 0 Å². The van der Waals surface area contributed by atoms with Gasteiger partial charge in [-0.2, -0.15) is 0 Å². The topological polar surface area (TPSA) is 46.5 Å². The molecule has 0 spiro atoms. The number of unbranched alkanes of at least 4 members (excludes halogenated alkanes) is 13. The average molecular weight is 343 g/mol. The van der Waals surface area contributed by atoms with Gasteiger partial charge in [-0.15, -0.1) is 0 Å². The quantitative estimate of drug-likeness (QED) is 0.239. The number of rotatable bonds is 18. The second-order valence-electron chi connectivity index (χ2n) is 7.13. The zero-order valence-electron chi connectivity index (χ0n) is 16.4. The molecule has 144 valence electrons. The number of aliphatic hydroxyl groups is 1. The van der Waals surface area contributed by atoms with Gasteiger partial charge in [-0.1, -0.05) is 90.4 Å². The highest BCUT2D eigenvalue weighted by Crippen LogP contribution is 2.14. The minimum absolute atomic E-state index is 0.0714. The van der Waals surface area contributed by atoms with Crippen LogP contribution in [0.1, 0.15) is 116 Å². The van der Waals surface area contributed by atoms with Crippen molar-refractivity contribution >= 4 is 5.97 Å². The first kappa shape index (κ1) is 23.4. The van der Waals surface area contributed by atoms with Crippen molar-refractivity contribution in [2.75, 3.05) is 7.11 Å². The molecule has 1 atom stereocenters. The Morgan fingerprint density at radius 2 is 1.12 bits per heavy atom. The summed E-state index contributed by atoms with van der Waals surface area (Å²) in [5.41, 5.74) is 0. The van der Waals surface area contributed by atoms with Gasteiger partial charge in [-0.25, -0.2) is 0 Å². The molecule has 0 radical (unpaired) electrons. The van der Waals surface area contributed by atoms with E-state index in [0.29, 0.717) is 6.42 Å². The Balaban J connectivity index is 3.04. The summed E-state index contributed by atoms with van der Waals surface area (Å²) in [7, 11) is 1.46. The highest BCUT2D eigenvalue weighted by Gasteiger charge is 2.00. The first-order valence-corrected chi connectivity index (χ1v) is 10.5. The fraction of sp³-hybridized carbons (Fsp3) is 0.952. The predicted molar refractivity (Wildman–Crippen MR) is 102 cm³/mol. The SMILES string of the molecule is CC[C@H](O)CCCCCCCCCCCCCCCCC(=O)OC. The van der Waals surface area contributed by atoms with Crippen LogP contribution in [0.3, 0.4) is 0 Å². The third kappa shape index (κ3) is 17.8. The Bertz CT molecular complexity index is 266. The molecule has 0 saturated heterocycles. The number of hydrogen-bond acceptors (Lipinski definition) is 3. The van der Waals surface area contributed by atoms with E-state index in [1.54, 1.807) is 0 Å². The van der Waals surface area contributed by atoms with Gasteiger partial charge in [0, 0.05) is 6.42 Å². The molecule has 0 heterocycles. The maximum Gasteiger partial charge on any atom is 0.305 e. The lowest BCUT2D eigenvalue weighted by atomic mass is 10.0. The first-order chi connectivity index (χ1) is 11.7. The smallest absolute Gasteiger partial charge is 0.305 e. The van der Waals surface area contributed by atoms with Crippen molar-refractivity contribution in [3.8, 4) is 0 Å². The maximum absolute atomic E-state index is 11.0. The number of methoxy groups -OCH3 is 1. The van der Waals surface area contributed by atoms with Crippen LogP contribution in [-0.2, 0) is 9.53 Å². The van der Waals surface area contributed by atoms with Gasteiger partial charge < -0.3 is 9.84 Å². The van der Waals surface area contributed by atoms with E-state index in [9.17, 15) is 9.90 Å². The molecule has 0 saturated carbocycles. The molecule has 0 aliphatic heterocycles. The van der Waals surface area contributed by atoms with Crippen LogP contribution in [0.2, 0.25) is 0 Å². The molecule has 0 rings (SSSR count). The fourth-order valence-corrected chi connectivity index (χ4v) is 3.08. The molecule has 0 aromatic carbocycles. The number of aliphatic hydroxyl groups excluding tert-OH is 1. The molecule has 1 N–H and O–H groups in total.